The van der Waals surface area contributed by atoms with Crippen molar-refractivity contribution in [1.82, 2.24) is 10.6 Å². The molecule has 1 rings (SSSR count). The van der Waals surface area contributed by atoms with Crippen LogP contribution in [-0.4, -0.2) is 29.5 Å². The molecule has 18 heavy (non-hydrogen) atoms. The molecule has 0 fully saturated rings. The molecule has 5 nitrogen and oxygen atoms in total. The van der Waals surface area contributed by atoms with Crippen LogP contribution in [0.15, 0.2) is 16.8 Å². The molecule has 2 amide bonds. The van der Waals surface area contributed by atoms with Gasteiger partial charge in [0.15, 0.2) is 0 Å². The highest BCUT2D eigenvalue weighted by atomic mass is 32.1. The molecule has 100 valence electrons. The molecule has 0 saturated carbocycles. The predicted molar refractivity (Wildman–Crippen MR) is 70.2 cm³/mol. The summed E-state index contributed by atoms with van der Waals surface area (Å²) >= 11 is 1.49. The Hall–Kier alpha value is -1.40. The van der Waals surface area contributed by atoms with E-state index in [0.717, 1.165) is 5.56 Å². The molecule has 0 aliphatic rings. The monoisotopic (exact) mass is 270 g/mol. The highest BCUT2D eigenvalue weighted by Crippen LogP contribution is 2.21. The summed E-state index contributed by atoms with van der Waals surface area (Å²) in [4.78, 5) is 22.5. The second kappa shape index (κ2) is 5.97. The fourth-order valence-corrected chi connectivity index (χ4v) is 2.24. The van der Waals surface area contributed by atoms with Gasteiger partial charge in [-0.1, -0.05) is 0 Å². The van der Waals surface area contributed by atoms with Crippen LogP contribution in [0.25, 0.3) is 0 Å². The lowest BCUT2D eigenvalue weighted by Gasteiger charge is -2.24. The third-order valence-electron chi connectivity index (χ3n) is 2.56. The summed E-state index contributed by atoms with van der Waals surface area (Å²) in [5, 5.41) is 19.0. The van der Waals surface area contributed by atoms with Gasteiger partial charge < -0.3 is 15.7 Å². The number of rotatable bonds is 5. The normalized spacial score (nSPS) is 15.6. The van der Waals surface area contributed by atoms with Crippen molar-refractivity contribution in [2.75, 3.05) is 6.54 Å². The van der Waals surface area contributed by atoms with E-state index in [1.807, 2.05) is 16.8 Å². The largest absolute Gasteiger partial charge is 0.384 e. The van der Waals surface area contributed by atoms with Crippen LogP contribution in [0.4, 0.5) is 0 Å². The van der Waals surface area contributed by atoms with E-state index in [2.05, 4.69) is 10.6 Å². The Morgan fingerprint density at radius 2 is 2.22 bits per heavy atom. The van der Waals surface area contributed by atoms with Gasteiger partial charge in [-0.2, -0.15) is 11.3 Å². The first kappa shape index (κ1) is 14.7. The molecule has 0 aliphatic heterocycles. The number of hydrogen-bond donors (Lipinski definition) is 3. The number of nitrogens with one attached hydrogen (secondary N) is 2. The highest BCUT2D eigenvalue weighted by molar-refractivity contribution is 7.08. The maximum Gasteiger partial charge on any atom is 0.242 e. The van der Waals surface area contributed by atoms with Crippen LogP contribution in [0, 0.1) is 0 Å². The molecule has 1 aromatic heterocycles. The summed E-state index contributed by atoms with van der Waals surface area (Å²) in [6, 6.07) is 1.20. The summed E-state index contributed by atoms with van der Waals surface area (Å²) in [5.74, 6) is -0.581. The van der Waals surface area contributed by atoms with Crippen LogP contribution in [0.5, 0.6) is 0 Å². The molecule has 3 N–H and O–H groups in total. The Labute approximate surface area is 110 Å². The van der Waals surface area contributed by atoms with Crippen molar-refractivity contribution in [2.45, 2.75) is 32.4 Å². The van der Waals surface area contributed by atoms with Gasteiger partial charge in [-0.05, 0) is 36.2 Å². The number of hydrogen-bond acceptors (Lipinski definition) is 4. The number of thiophene rings is 1. The average molecular weight is 270 g/mol. The summed E-state index contributed by atoms with van der Waals surface area (Å²) in [6.45, 7) is 4.69. The number of carbonyl (C=O) groups is 2. The second-order valence-corrected chi connectivity index (χ2v) is 5.21. The molecular weight excluding hydrogens is 252 g/mol. The van der Waals surface area contributed by atoms with E-state index in [1.54, 1.807) is 13.8 Å². The quantitative estimate of drug-likeness (QED) is 0.733. The molecule has 6 heteroatoms. The van der Waals surface area contributed by atoms with Gasteiger partial charge in [-0.25, -0.2) is 0 Å². The zero-order valence-electron chi connectivity index (χ0n) is 10.7. The van der Waals surface area contributed by atoms with E-state index >= 15 is 0 Å². The Morgan fingerprint density at radius 3 is 2.72 bits per heavy atom. The van der Waals surface area contributed by atoms with Crippen LogP contribution in [0.3, 0.4) is 0 Å². The lowest BCUT2D eigenvalue weighted by atomic mass is 9.99. The summed E-state index contributed by atoms with van der Waals surface area (Å²) in [7, 11) is 0. The van der Waals surface area contributed by atoms with E-state index in [1.165, 1.54) is 18.3 Å². The molecule has 1 aromatic rings. The number of amides is 2. The first-order chi connectivity index (χ1) is 8.33. The topological polar surface area (TPSA) is 78.4 Å². The summed E-state index contributed by atoms with van der Waals surface area (Å²) < 4.78 is 0. The van der Waals surface area contributed by atoms with Crippen molar-refractivity contribution in [3.8, 4) is 0 Å². The van der Waals surface area contributed by atoms with Crippen LogP contribution >= 0.6 is 11.3 Å². The maximum atomic E-state index is 11.7. The first-order valence-electron chi connectivity index (χ1n) is 5.63. The molecule has 0 saturated heterocycles. The SMILES string of the molecule is CC(=O)NC(C)C(=O)NCC(C)(O)c1ccsc1. The van der Waals surface area contributed by atoms with Gasteiger partial charge in [-0.3, -0.25) is 9.59 Å². The fraction of sp³-hybridized carbons (Fsp3) is 0.500. The van der Waals surface area contributed by atoms with Gasteiger partial charge >= 0.3 is 0 Å². The van der Waals surface area contributed by atoms with Gasteiger partial charge in [0.2, 0.25) is 11.8 Å². The second-order valence-electron chi connectivity index (χ2n) is 4.43. The summed E-state index contributed by atoms with van der Waals surface area (Å²) in [5.41, 5.74) is -0.342. The van der Waals surface area contributed by atoms with E-state index in [4.69, 9.17) is 0 Å². The molecule has 1 heterocycles. The third-order valence-corrected chi connectivity index (χ3v) is 3.25. The van der Waals surface area contributed by atoms with Crippen LogP contribution in [0.2, 0.25) is 0 Å². The number of aliphatic hydroxyl groups is 1. The fourth-order valence-electron chi connectivity index (χ4n) is 1.46. The lowest BCUT2D eigenvalue weighted by molar-refractivity contribution is -0.128. The molecule has 0 radical (unpaired) electrons. The number of carbonyl (C=O) groups excluding carboxylic acids is 2. The van der Waals surface area contributed by atoms with Crippen LogP contribution in [-0.2, 0) is 15.2 Å². The van der Waals surface area contributed by atoms with E-state index in [9.17, 15) is 14.7 Å². The molecule has 0 bridgehead atoms. The molecule has 2 atom stereocenters. The van der Waals surface area contributed by atoms with E-state index < -0.39 is 11.6 Å². The minimum atomic E-state index is -1.11. The van der Waals surface area contributed by atoms with Crippen molar-refractivity contribution < 1.29 is 14.7 Å². The zero-order chi connectivity index (χ0) is 13.8. The lowest BCUT2D eigenvalue weighted by Crippen LogP contribution is -2.47. The van der Waals surface area contributed by atoms with Gasteiger partial charge in [0.05, 0.1) is 6.54 Å². The Bertz CT molecular complexity index is 415. The Morgan fingerprint density at radius 1 is 1.56 bits per heavy atom. The van der Waals surface area contributed by atoms with Crippen molar-refractivity contribution >= 4 is 23.2 Å². The van der Waals surface area contributed by atoms with Crippen molar-refractivity contribution in [1.29, 1.82) is 0 Å². The van der Waals surface area contributed by atoms with Gasteiger partial charge in [-0.15, -0.1) is 0 Å². The smallest absolute Gasteiger partial charge is 0.242 e. The predicted octanol–water partition coefficient (Wildman–Crippen LogP) is 0.596. The first-order valence-corrected chi connectivity index (χ1v) is 6.57. The zero-order valence-corrected chi connectivity index (χ0v) is 11.5. The standard InChI is InChI=1S/C12H18N2O3S/c1-8(14-9(2)15)11(16)13-7-12(3,17)10-4-5-18-6-10/h4-6,8,17H,7H2,1-3H3,(H,13,16)(H,14,15). The van der Waals surface area contributed by atoms with Crippen LogP contribution in [0.1, 0.15) is 26.3 Å². The van der Waals surface area contributed by atoms with Crippen molar-refractivity contribution in [3.63, 3.8) is 0 Å². The molecular formula is C12H18N2O3S. The molecule has 2 unspecified atom stereocenters. The Balaban J connectivity index is 2.50. The van der Waals surface area contributed by atoms with Crippen molar-refractivity contribution in [3.05, 3.63) is 22.4 Å². The van der Waals surface area contributed by atoms with Gasteiger partial charge in [0.25, 0.3) is 0 Å². The third kappa shape index (κ3) is 4.12. The average Bonchev–Trinajstić information content (AvgIpc) is 2.78. The molecule has 0 aliphatic carbocycles. The van der Waals surface area contributed by atoms with Gasteiger partial charge in [0, 0.05) is 6.92 Å². The summed E-state index contributed by atoms with van der Waals surface area (Å²) in [6.07, 6.45) is 0. The molecule has 0 spiro atoms. The van der Waals surface area contributed by atoms with Crippen molar-refractivity contribution in [2.24, 2.45) is 0 Å². The van der Waals surface area contributed by atoms with Crippen LogP contribution < -0.4 is 10.6 Å². The Kier molecular flexibility index (Phi) is 4.86. The highest BCUT2D eigenvalue weighted by Gasteiger charge is 2.25. The molecule has 0 aromatic carbocycles. The minimum Gasteiger partial charge on any atom is -0.384 e. The minimum absolute atomic E-state index is 0.104. The maximum absolute atomic E-state index is 11.7. The van der Waals surface area contributed by atoms with E-state index in [-0.39, 0.29) is 18.4 Å². The van der Waals surface area contributed by atoms with Gasteiger partial charge in [0.1, 0.15) is 11.6 Å². The van der Waals surface area contributed by atoms with E-state index in [0.29, 0.717) is 0 Å².